The molecule has 2 aliphatic heterocycles. The van der Waals surface area contributed by atoms with Crippen LogP contribution in [-0.4, -0.2) is 45.1 Å². The lowest BCUT2D eigenvalue weighted by Crippen LogP contribution is -2.30. The molecular formula is C29H25N3O6. The predicted molar refractivity (Wildman–Crippen MR) is 141 cm³/mol. The van der Waals surface area contributed by atoms with Crippen LogP contribution in [0.1, 0.15) is 35.2 Å². The van der Waals surface area contributed by atoms with Crippen molar-refractivity contribution in [3.63, 3.8) is 0 Å². The average Bonchev–Trinajstić information content (AvgIpc) is 3.61. The molecule has 4 aromatic rings. The molecule has 0 aliphatic carbocycles. The Balaban J connectivity index is 1.56. The van der Waals surface area contributed by atoms with Crippen LogP contribution < -0.4 is 14.4 Å². The number of Topliss-reactive ketones (excluding diaryl/α,β-unsaturated/α-hetero) is 1. The third-order valence-corrected chi connectivity index (χ3v) is 6.86. The number of imidazole rings is 1. The molecule has 1 saturated heterocycles. The number of aromatic hydroxyl groups is 1. The lowest BCUT2D eigenvalue weighted by molar-refractivity contribution is -0.132. The number of aromatic amines is 1. The van der Waals surface area contributed by atoms with Gasteiger partial charge in [-0.3, -0.25) is 14.5 Å². The number of hydrogen-bond acceptors (Lipinski definition) is 7. The molecule has 1 fully saturated rings. The Kier molecular flexibility index (Phi) is 5.56. The summed E-state index contributed by atoms with van der Waals surface area (Å²) in [6.45, 7) is 4.58. The van der Waals surface area contributed by atoms with E-state index in [0.717, 1.165) is 16.9 Å². The summed E-state index contributed by atoms with van der Waals surface area (Å²) in [7, 11) is 0. The van der Waals surface area contributed by atoms with Gasteiger partial charge in [0.15, 0.2) is 11.5 Å². The summed E-state index contributed by atoms with van der Waals surface area (Å²) in [6, 6.07) is 14.4. The molecule has 2 aliphatic rings. The number of aryl methyl sites for hydroxylation is 1. The molecule has 0 spiro atoms. The SMILES string of the molecule is CCOc1cc(C2/C(=C(\O)c3ccc4c(c3)CCO4)C(=O)C(=O)N2c2nc3ccc(C)cc3[nH]2)ccc1O. The number of rotatable bonds is 5. The summed E-state index contributed by atoms with van der Waals surface area (Å²) < 4.78 is 11.1. The molecule has 9 nitrogen and oxygen atoms in total. The van der Waals surface area contributed by atoms with Gasteiger partial charge in [-0.15, -0.1) is 0 Å². The number of phenolic OH excluding ortho intramolecular Hbond substituents is 1. The Bertz CT molecular complexity index is 1650. The second-order valence-corrected chi connectivity index (χ2v) is 9.33. The minimum Gasteiger partial charge on any atom is -0.507 e. The number of ether oxygens (including phenoxy) is 2. The fourth-order valence-corrected chi connectivity index (χ4v) is 5.05. The zero-order chi connectivity index (χ0) is 26.6. The maximum atomic E-state index is 13.5. The first-order valence-corrected chi connectivity index (χ1v) is 12.3. The number of aliphatic hydroxyl groups excluding tert-OH is 1. The van der Waals surface area contributed by atoms with Crippen LogP contribution in [0.2, 0.25) is 0 Å². The van der Waals surface area contributed by atoms with Gasteiger partial charge in [0.1, 0.15) is 11.5 Å². The Morgan fingerprint density at radius 2 is 2.00 bits per heavy atom. The van der Waals surface area contributed by atoms with Crippen molar-refractivity contribution in [2.45, 2.75) is 26.3 Å². The van der Waals surface area contributed by atoms with Crippen molar-refractivity contribution < 1.29 is 29.3 Å². The normalized spacial score (nSPS) is 18.2. The quantitative estimate of drug-likeness (QED) is 0.204. The summed E-state index contributed by atoms with van der Waals surface area (Å²) in [5, 5.41) is 21.8. The van der Waals surface area contributed by atoms with Gasteiger partial charge < -0.3 is 24.7 Å². The van der Waals surface area contributed by atoms with Gasteiger partial charge in [0.05, 0.1) is 35.9 Å². The Hall–Kier alpha value is -4.79. The van der Waals surface area contributed by atoms with Crippen molar-refractivity contribution in [1.29, 1.82) is 0 Å². The van der Waals surface area contributed by atoms with Crippen molar-refractivity contribution >= 4 is 34.4 Å². The van der Waals surface area contributed by atoms with Crippen LogP contribution in [0, 0.1) is 6.92 Å². The molecule has 38 heavy (non-hydrogen) atoms. The number of nitrogens with one attached hydrogen (secondary N) is 1. The summed E-state index contributed by atoms with van der Waals surface area (Å²) in [6.07, 6.45) is 0.683. The molecule has 1 unspecified atom stereocenters. The monoisotopic (exact) mass is 511 g/mol. The number of aromatic nitrogens is 2. The average molecular weight is 512 g/mol. The first-order valence-electron chi connectivity index (χ1n) is 12.3. The highest BCUT2D eigenvalue weighted by Crippen LogP contribution is 2.44. The number of phenols is 1. The van der Waals surface area contributed by atoms with Gasteiger partial charge in [-0.25, -0.2) is 4.98 Å². The highest BCUT2D eigenvalue weighted by atomic mass is 16.5. The minimum absolute atomic E-state index is 0.0783. The third kappa shape index (κ3) is 3.75. The zero-order valence-electron chi connectivity index (χ0n) is 20.8. The van der Waals surface area contributed by atoms with Crippen LogP contribution in [0.5, 0.6) is 17.2 Å². The molecule has 3 heterocycles. The molecule has 1 aromatic heterocycles. The smallest absolute Gasteiger partial charge is 0.302 e. The van der Waals surface area contributed by atoms with E-state index >= 15 is 0 Å². The van der Waals surface area contributed by atoms with Crippen molar-refractivity contribution in [2.75, 3.05) is 18.1 Å². The zero-order valence-corrected chi connectivity index (χ0v) is 20.8. The minimum atomic E-state index is -1.03. The molecule has 0 radical (unpaired) electrons. The van der Waals surface area contributed by atoms with Gasteiger partial charge in [0, 0.05) is 12.0 Å². The van der Waals surface area contributed by atoms with Gasteiger partial charge in [0.25, 0.3) is 5.78 Å². The van der Waals surface area contributed by atoms with E-state index in [1.54, 1.807) is 37.3 Å². The van der Waals surface area contributed by atoms with Crippen LogP contribution >= 0.6 is 0 Å². The van der Waals surface area contributed by atoms with Crippen molar-refractivity contribution in [1.82, 2.24) is 9.97 Å². The highest BCUT2D eigenvalue weighted by Gasteiger charge is 2.48. The number of carbonyl (C=O) groups is 2. The fraction of sp³-hybridized carbons (Fsp3) is 0.207. The first-order chi connectivity index (χ1) is 18.4. The van der Waals surface area contributed by atoms with E-state index in [1.165, 1.54) is 11.0 Å². The molecule has 1 amide bonds. The number of anilines is 1. The van der Waals surface area contributed by atoms with Crippen molar-refractivity contribution in [3.05, 3.63) is 82.4 Å². The molecule has 3 N–H and O–H groups in total. The molecular weight excluding hydrogens is 486 g/mol. The summed E-state index contributed by atoms with van der Waals surface area (Å²) in [4.78, 5) is 36.0. The number of hydrogen-bond donors (Lipinski definition) is 3. The van der Waals surface area contributed by atoms with Crippen LogP contribution in [0.25, 0.3) is 16.8 Å². The van der Waals surface area contributed by atoms with Crippen LogP contribution in [0.4, 0.5) is 5.95 Å². The number of nitrogens with zero attached hydrogens (tertiary/aromatic N) is 2. The Labute approximate surface area is 218 Å². The fourth-order valence-electron chi connectivity index (χ4n) is 5.05. The van der Waals surface area contributed by atoms with Gasteiger partial charge >= 0.3 is 5.91 Å². The predicted octanol–water partition coefficient (Wildman–Crippen LogP) is 4.54. The maximum absolute atomic E-state index is 13.5. The molecule has 6 rings (SSSR count). The topological polar surface area (TPSA) is 125 Å². The molecule has 192 valence electrons. The van der Waals surface area contributed by atoms with E-state index in [4.69, 9.17) is 9.47 Å². The van der Waals surface area contributed by atoms with E-state index in [-0.39, 0.29) is 28.8 Å². The largest absolute Gasteiger partial charge is 0.507 e. The van der Waals surface area contributed by atoms with E-state index < -0.39 is 17.7 Å². The maximum Gasteiger partial charge on any atom is 0.302 e. The van der Waals surface area contributed by atoms with Gasteiger partial charge in [-0.2, -0.15) is 0 Å². The van der Waals surface area contributed by atoms with Crippen molar-refractivity contribution in [3.8, 4) is 17.2 Å². The van der Waals surface area contributed by atoms with Gasteiger partial charge in [-0.1, -0.05) is 12.1 Å². The number of H-pyrrole nitrogens is 1. The number of fused-ring (bicyclic) bond motifs is 2. The summed E-state index contributed by atoms with van der Waals surface area (Å²) in [5.41, 5.74) is 4.04. The lowest BCUT2D eigenvalue weighted by Gasteiger charge is -2.23. The van der Waals surface area contributed by atoms with E-state index in [0.29, 0.717) is 41.8 Å². The summed E-state index contributed by atoms with van der Waals surface area (Å²) >= 11 is 0. The second-order valence-electron chi connectivity index (χ2n) is 9.33. The third-order valence-electron chi connectivity index (χ3n) is 6.86. The van der Waals surface area contributed by atoms with Gasteiger partial charge in [0.2, 0.25) is 5.95 Å². The van der Waals surface area contributed by atoms with Gasteiger partial charge in [-0.05, 0) is 73.0 Å². The molecule has 0 saturated carbocycles. The second kappa shape index (κ2) is 8.95. The Morgan fingerprint density at radius 3 is 2.82 bits per heavy atom. The van der Waals surface area contributed by atoms with Crippen LogP contribution in [0.3, 0.4) is 0 Å². The molecule has 3 aromatic carbocycles. The highest BCUT2D eigenvalue weighted by molar-refractivity contribution is 6.51. The first kappa shape index (κ1) is 23.6. The molecule has 0 bridgehead atoms. The summed E-state index contributed by atoms with van der Waals surface area (Å²) in [5.74, 6) is -0.949. The molecule has 9 heteroatoms. The Morgan fingerprint density at radius 1 is 1.16 bits per heavy atom. The van der Waals surface area contributed by atoms with Crippen molar-refractivity contribution in [2.24, 2.45) is 0 Å². The number of amides is 1. The van der Waals surface area contributed by atoms with E-state index in [2.05, 4.69) is 9.97 Å². The standard InChI is InChI=1S/C29H25N3O6/c1-3-37-23-14-17(5-8-21(23)33)25-24(26(34)18-6-9-22-16(13-18)10-11-38-22)27(35)28(36)32(25)29-30-19-7-4-15(2)12-20(19)31-29/h4-9,12-14,25,33-34H,3,10-11H2,1-2H3,(H,30,31)/b26-24+. The van der Waals surface area contributed by atoms with E-state index in [1.807, 2.05) is 25.1 Å². The van der Waals surface area contributed by atoms with E-state index in [9.17, 15) is 19.8 Å². The van der Waals surface area contributed by atoms with Crippen LogP contribution in [0.15, 0.2) is 60.2 Å². The molecule has 1 atom stereocenters. The lowest BCUT2D eigenvalue weighted by atomic mass is 9.94. The number of aliphatic hydroxyl groups is 1. The number of benzene rings is 3. The number of carbonyl (C=O) groups excluding carboxylic acids is 2. The number of ketones is 1. The van der Waals surface area contributed by atoms with Crippen LogP contribution in [-0.2, 0) is 16.0 Å².